The molecule has 2 heterocycles. The molecular formula is C22H31N3O2. The average Bonchev–Trinajstić information content (AvgIpc) is 3.19. The molecule has 3 rings (SSSR count). The van der Waals surface area contributed by atoms with Gasteiger partial charge in [0.1, 0.15) is 5.76 Å². The summed E-state index contributed by atoms with van der Waals surface area (Å²) in [6.45, 7) is 15.4. The topological polar surface area (TPSA) is 52.2 Å². The van der Waals surface area contributed by atoms with E-state index in [2.05, 4.69) is 70.3 Å². The number of aryl methyl sites for hydroxylation is 1. The molecular weight excluding hydrogens is 338 g/mol. The van der Waals surface area contributed by atoms with Crippen molar-refractivity contribution in [3.8, 4) is 5.75 Å². The number of hydrogen-bond acceptors (Lipinski definition) is 4. The van der Waals surface area contributed by atoms with E-state index in [0.29, 0.717) is 6.61 Å². The van der Waals surface area contributed by atoms with E-state index in [9.17, 15) is 0 Å². The summed E-state index contributed by atoms with van der Waals surface area (Å²) in [6, 6.07) is 8.32. The van der Waals surface area contributed by atoms with E-state index in [1.54, 1.807) is 0 Å². The minimum absolute atomic E-state index is 0.0250. The first-order valence-electron chi connectivity index (χ1n) is 9.68. The van der Waals surface area contributed by atoms with Crippen LogP contribution < -0.4 is 10.1 Å². The van der Waals surface area contributed by atoms with Crippen molar-refractivity contribution in [2.75, 3.05) is 6.61 Å². The Morgan fingerprint density at radius 3 is 2.59 bits per heavy atom. The molecule has 27 heavy (non-hydrogen) atoms. The molecule has 2 unspecified atom stereocenters. The van der Waals surface area contributed by atoms with E-state index in [-0.39, 0.29) is 17.6 Å². The highest BCUT2D eigenvalue weighted by molar-refractivity contribution is 5.83. The first kappa shape index (κ1) is 19.5. The van der Waals surface area contributed by atoms with E-state index in [0.717, 1.165) is 28.2 Å². The Hall–Kier alpha value is -2.27. The maximum Gasteiger partial charge on any atom is 0.176 e. The summed E-state index contributed by atoms with van der Waals surface area (Å²) in [6.07, 6.45) is 2.14. The molecule has 0 radical (unpaired) electrons. The third-order valence-corrected chi connectivity index (χ3v) is 4.84. The van der Waals surface area contributed by atoms with Gasteiger partial charge in [0.15, 0.2) is 11.3 Å². The summed E-state index contributed by atoms with van der Waals surface area (Å²) in [5.41, 5.74) is 3.05. The molecule has 5 heteroatoms. The van der Waals surface area contributed by atoms with Crippen LogP contribution in [0.4, 0.5) is 0 Å². The van der Waals surface area contributed by atoms with Crippen LogP contribution in [-0.2, 0) is 5.54 Å². The lowest BCUT2D eigenvalue weighted by Gasteiger charge is -2.20. The van der Waals surface area contributed by atoms with Gasteiger partial charge in [-0.25, -0.2) is 0 Å². The number of nitrogens with one attached hydrogen (secondary N) is 1. The van der Waals surface area contributed by atoms with Crippen molar-refractivity contribution in [1.29, 1.82) is 0 Å². The normalized spacial score (nSPS) is 14.5. The number of ether oxygens (including phenoxy) is 1. The van der Waals surface area contributed by atoms with Crippen molar-refractivity contribution < 1.29 is 9.15 Å². The van der Waals surface area contributed by atoms with E-state index >= 15 is 0 Å². The third kappa shape index (κ3) is 4.03. The summed E-state index contributed by atoms with van der Waals surface area (Å²) >= 11 is 0. The number of rotatable bonds is 6. The summed E-state index contributed by atoms with van der Waals surface area (Å²) in [5.74, 6) is 1.70. The second kappa shape index (κ2) is 7.39. The van der Waals surface area contributed by atoms with Gasteiger partial charge in [0.2, 0.25) is 0 Å². The molecule has 0 aliphatic heterocycles. The molecule has 2 aromatic heterocycles. The number of fused-ring (bicyclic) bond motifs is 1. The molecule has 1 aromatic carbocycles. The number of aromatic nitrogens is 2. The molecule has 0 aliphatic carbocycles. The Balaban J connectivity index is 1.81. The zero-order valence-corrected chi connectivity index (χ0v) is 17.5. The van der Waals surface area contributed by atoms with Crippen molar-refractivity contribution in [2.24, 2.45) is 0 Å². The van der Waals surface area contributed by atoms with Gasteiger partial charge >= 0.3 is 0 Å². The number of para-hydroxylation sites is 1. The van der Waals surface area contributed by atoms with Crippen LogP contribution in [0.25, 0.3) is 11.0 Å². The second-order valence-electron chi connectivity index (χ2n) is 8.15. The standard InChI is InChI=1S/C22H31N3O2/c1-8-26-19-11-9-10-17-12-20(27-21(17)19)16(4)23-14(2)18-13-25(22(5,6)7)24-15(18)3/h9-14,16,23H,8H2,1-7H3. The Bertz CT molecular complexity index is 917. The van der Waals surface area contributed by atoms with E-state index in [1.807, 2.05) is 23.7 Å². The maximum atomic E-state index is 6.13. The smallest absolute Gasteiger partial charge is 0.176 e. The predicted octanol–water partition coefficient (Wildman–Crippen LogP) is 5.50. The fourth-order valence-electron chi connectivity index (χ4n) is 3.33. The number of nitrogens with zero attached hydrogens (tertiary/aromatic N) is 2. The first-order valence-corrected chi connectivity index (χ1v) is 9.68. The molecule has 0 fully saturated rings. The van der Waals surface area contributed by atoms with Crippen molar-refractivity contribution in [1.82, 2.24) is 15.1 Å². The van der Waals surface area contributed by atoms with E-state index in [1.165, 1.54) is 5.56 Å². The molecule has 0 aliphatic rings. The van der Waals surface area contributed by atoms with Crippen LogP contribution in [0, 0.1) is 6.92 Å². The average molecular weight is 370 g/mol. The summed E-state index contributed by atoms with van der Waals surface area (Å²) in [4.78, 5) is 0. The van der Waals surface area contributed by atoms with Crippen LogP contribution in [0.3, 0.4) is 0 Å². The van der Waals surface area contributed by atoms with Gasteiger partial charge in [0.05, 0.1) is 23.9 Å². The van der Waals surface area contributed by atoms with Crippen LogP contribution in [-0.4, -0.2) is 16.4 Å². The monoisotopic (exact) mass is 369 g/mol. The molecule has 146 valence electrons. The largest absolute Gasteiger partial charge is 0.490 e. The van der Waals surface area contributed by atoms with Crippen molar-refractivity contribution in [3.05, 3.63) is 47.5 Å². The number of hydrogen-bond donors (Lipinski definition) is 1. The van der Waals surface area contributed by atoms with Crippen LogP contribution in [0.15, 0.2) is 34.9 Å². The van der Waals surface area contributed by atoms with Gasteiger partial charge in [-0.15, -0.1) is 0 Å². The fraction of sp³-hybridized carbons (Fsp3) is 0.500. The quantitative estimate of drug-likeness (QED) is 0.623. The zero-order chi connectivity index (χ0) is 19.8. The highest BCUT2D eigenvalue weighted by Gasteiger charge is 2.22. The lowest BCUT2D eigenvalue weighted by molar-refractivity contribution is 0.335. The second-order valence-corrected chi connectivity index (χ2v) is 8.15. The van der Waals surface area contributed by atoms with Gasteiger partial charge in [-0.05, 0) is 60.6 Å². The van der Waals surface area contributed by atoms with Crippen molar-refractivity contribution >= 4 is 11.0 Å². The summed E-state index contributed by atoms with van der Waals surface area (Å²) in [5, 5.41) is 9.39. The molecule has 5 nitrogen and oxygen atoms in total. The Morgan fingerprint density at radius 1 is 1.22 bits per heavy atom. The Morgan fingerprint density at radius 2 is 1.96 bits per heavy atom. The van der Waals surface area contributed by atoms with Crippen LogP contribution in [0.1, 0.15) is 70.6 Å². The van der Waals surface area contributed by atoms with Crippen molar-refractivity contribution in [2.45, 2.75) is 66.1 Å². The molecule has 1 N–H and O–H groups in total. The van der Waals surface area contributed by atoms with E-state index in [4.69, 9.17) is 9.15 Å². The van der Waals surface area contributed by atoms with Gasteiger partial charge in [0, 0.05) is 23.2 Å². The number of benzene rings is 1. The van der Waals surface area contributed by atoms with Gasteiger partial charge in [-0.1, -0.05) is 12.1 Å². The molecule has 3 aromatic rings. The lowest BCUT2D eigenvalue weighted by atomic mass is 10.1. The molecule has 2 atom stereocenters. The predicted molar refractivity (Wildman–Crippen MR) is 109 cm³/mol. The van der Waals surface area contributed by atoms with E-state index < -0.39 is 0 Å². The van der Waals surface area contributed by atoms with Crippen molar-refractivity contribution in [3.63, 3.8) is 0 Å². The van der Waals surface area contributed by atoms with Gasteiger partial charge in [0.25, 0.3) is 0 Å². The van der Waals surface area contributed by atoms with Crippen LogP contribution in [0.5, 0.6) is 5.75 Å². The third-order valence-electron chi connectivity index (χ3n) is 4.84. The van der Waals surface area contributed by atoms with Gasteiger partial charge in [-0.3, -0.25) is 4.68 Å². The highest BCUT2D eigenvalue weighted by Crippen LogP contribution is 2.32. The fourth-order valence-corrected chi connectivity index (χ4v) is 3.33. The first-order chi connectivity index (χ1) is 12.7. The van der Waals surface area contributed by atoms with Crippen LogP contribution >= 0.6 is 0 Å². The molecule has 0 spiro atoms. The minimum atomic E-state index is -0.0250. The minimum Gasteiger partial charge on any atom is -0.490 e. The maximum absolute atomic E-state index is 6.13. The zero-order valence-electron chi connectivity index (χ0n) is 17.5. The highest BCUT2D eigenvalue weighted by atomic mass is 16.5. The van der Waals surface area contributed by atoms with Gasteiger partial charge in [-0.2, -0.15) is 5.10 Å². The molecule has 0 saturated heterocycles. The summed E-state index contributed by atoms with van der Waals surface area (Å²) < 4.78 is 13.9. The number of furan rings is 1. The lowest BCUT2D eigenvalue weighted by Crippen LogP contribution is -2.23. The molecule has 0 bridgehead atoms. The molecule has 0 amide bonds. The summed E-state index contributed by atoms with van der Waals surface area (Å²) in [7, 11) is 0. The van der Waals surface area contributed by atoms with Crippen LogP contribution in [0.2, 0.25) is 0 Å². The van der Waals surface area contributed by atoms with Gasteiger partial charge < -0.3 is 14.5 Å². The molecule has 0 saturated carbocycles. The Kier molecular flexibility index (Phi) is 5.33. The Labute approximate surface area is 161 Å². The SMILES string of the molecule is CCOc1cccc2cc(C(C)NC(C)c3cn(C(C)(C)C)nc3C)oc12.